The van der Waals surface area contributed by atoms with Crippen LogP contribution in [-0.2, 0) is 0 Å². The Kier molecular flexibility index (Phi) is 5.00. The topological polar surface area (TPSA) is 56.5 Å². The van der Waals surface area contributed by atoms with Gasteiger partial charge in [-0.25, -0.2) is 5.43 Å². The number of nitrogens with one attached hydrogen (secondary N) is 1. The number of hydrogen-bond donors (Lipinski definition) is 2. The fourth-order valence-corrected chi connectivity index (χ4v) is 2.53. The number of hydrogen-bond acceptors (Lipinski definition) is 4. The zero-order chi connectivity index (χ0) is 14.5. The number of ether oxygens (including phenoxy) is 2. The Hall–Kier alpha value is -1.56. The summed E-state index contributed by atoms with van der Waals surface area (Å²) in [4.78, 5) is 0. The van der Waals surface area contributed by atoms with Crippen molar-refractivity contribution in [1.82, 2.24) is 5.43 Å². The molecule has 0 aromatic heterocycles. The van der Waals surface area contributed by atoms with Crippen molar-refractivity contribution in [3.05, 3.63) is 58.1 Å². The molecule has 20 heavy (non-hydrogen) atoms. The summed E-state index contributed by atoms with van der Waals surface area (Å²) < 4.78 is 11.5. The van der Waals surface area contributed by atoms with E-state index in [2.05, 4.69) is 21.4 Å². The molecule has 4 nitrogen and oxygen atoms in total. The molecule has 0 amide bonds. The molecule has 5 heteroatoms. The van der Waals surface area contributed by atoms with Crippen molar-refractivity contribution in [2.75, 3.05) is 14.2 Å². The minimum absolute atomic E-state index is 0.158. The van der Waals surface area contributed by atoms with Crippen LogP contribution in [0.5, 0.6) is 11.5 Å². The van der Waals surface area contributed by atoms with Gasteiger partial charge in [-0.15, -0.1) is 0 Å². The molecule has 0 aliphatic carbocycles. The molecule has 2 rings (SSSR count). The summed E-state index contributed by atoms with van der Waals surface area (Å²) >= 11 is 3.55. The van der Waals surface area contributed by atoms with E-state index in [1.165, 1.54) is 0 Å². The molecule has 0 fully saturated rings. The van der Waals surface area contributed by atoms with Gasteiger partial charge in [0.05, 0.1) is 20.3 Å². The maximum atomic E-state index is 5.74. The Morgan fingerprint density at radius 1 is 1.05 bits per heavy atom. The normalized spacial score (nSPS) is 12.0. The standard InChI is InChI=1S/C15H17BrN2O2/c1-19-11-5-3-4-10(8-11)15(18-17)13-9-12(20-2)6-7-14(13)16/h3-9,15,18H,17H2,1-2H3. The maximum absolute atomic E-state index is 5.74. The molecule has 1 unspecified atom stereocenters. The van der Waals surface area contributed by atoms with E-state index in [0.717, 1.165) is 27.1 Å². The predicted molar refractivity (Wildman–Crippen MR) is 82.9 cm³/mol. The van der Waals surface area contributed by atoms with E-state index in [9.17, 15) is 0 Å². The van der Waals surface area contributed by atoms with Gasteiger partial charge in [0.25, 0.3) is 0 Å². The van der Waals surface area contributed by atoms with Crippen LogP contribution < -0.4 is 20.7 Å². The Bertz CT molecular complexity index is 590. The molecule has 0 spiro atoms. The smallest absolute Gasteiger partial charge is 0.119 e. The van der Waals surface area contributed by atoms with Crippen molar-refractivity contribution in [2.24, 2.45) is 5.84 Å². The quantitative estimate of drug-likeness (QED) is 0.651. The van der Waals surface area contributed by atoms with Gasteiger partial charge in [0.1, 0.15) is 11.5 Å². The lowest BCUT2D eigenvalue weighted by Gasteiger charge is -2.19. The predicted octanol–water partition coefficient (Wildman–Crippen LogP) is 3.02. The van der Waals surface area contributed by atoms with Crippen LogP contribution in [0.1, 0.15) is 17.2 Å². The molecular weight excluding hydrogens is 320 g/mol. The number of rotatable bonds is 5. The fourth-order valence-electron chi connectivity index (χ4n) is 2.06. The number of benzene rings is 2. The summed E-state index contributed by atoms with van der Waals surface area (Å²) in [7, 11) is 3.29. The average Bonchev–Trinajstić information content (AvgIpc) is 2.50. The SMILES string of the molecule is COc1cccc(C(NN)c2cc(OC)ccc2Br)c1. The van der Waals surface area contributed by atoms with E-state index in [4.69, 9.17) is 15.3 Å². The van der Waals surface area contributed by atoms with Gasteiger partial charge in [-0.05, 0) is 41.5 Å². The molecule has 3 N–H and O–H groups in total. The highest BCUT2D eigenvalue weighted by molar-refractivity contribution is 9.10. The minimum atomic E-state index is -0.158. The first-order chi connectivity index (χ1) is 9.69. The van der Waals surface area contributed by atoms with Crippen LogP contribution in [-0.4, -0.2) is 14.2 Å². The van der Waals surface area contributed by atoms with Crippen LogP contribution >= 0.6 is 15.9 Å². The summed E-state index contributed by atoms with van der Waals surface area (Å²) in [5, 5.41) is 0. The van der Waals surface area contributed by atoms with Crippen molar-refractivity contribution in [3.63, 3.8) is 0 Å². The zero-order valence-electron chi connectivity index (χ0n) is 11.4. The molecule has 106 valence electrons. The molecule has 0 saturated carbocycles. The third-order valence-electron chi connectivity index (χ3n) is 3.11. The van der Waals surface area contributed by atoms with Crippen molar-refractivity contribution < 1.29 is 9.47 Å². The lowest BCUT2D eigenvalue weighted by Crippen LogP contribution is -2.29. The van der Waals surface area contributed by atoms with Crippen LogP contribution in [0, 0.1) is 0 Å². The van der Waals surface area contributed by atoms with Crippen molar-refractivity contribution in [1.29, 1.82) is 0 Å². The Balaban J connectivity index is 2.45. The van der Waals surface area contributed by atoms with Gasteiger partial charge in [0.15, 0.2) is 0 Å². The Morgan fingerprint density at radius 3 is 2.40 bits per heavy atom. The van der Waals surface area contributed by atoms with E-state index in [1.54, 1.807) is 14.2 Å². The summed E-state index contributed by atoms with van der Waals surface area (Å²) in [6.07, 6.45) is 0. The highest BCUT2D eigenvalue weighted by Crippen LogP contribution is 2.32. The van der Waals surface area contributed by atoms with Gasteiger partial charge in [0, 0.05) is 4.47 Å². The first-order valence-corrected chi connectivity index (χ1v) is 6.92. The number of methoxy groups -OCH3 is 2. The Morgan fingerprint density at radius 2 is 1.75 bits per heavy atom. The van der Waals surface area contributed by atoms with Crippen LogP contribution in [0.2, 0.25) is 0 Å². The molecule has 2 aromatic carbocycles. The summed E-state index contributed by atoms with van der Waals surface area (Å²) in [6.45, 7) is 0. The molecule has 2 aromatic rings. The van der Waals surface area contributed by atoms with Crippen molar-refractivity contribution >= 4 is 15.9 Å². The molecular formula is C15H17BrN2O2. The molecule has 0 aliphatic rings. The average molecular weight is 337 g/mol. The largest absolute Gasteiger partial charge is 0.497 e. The highest BCUT2D eigenvalue weighted by Gasteiger charge is 2.16. The summed E-state index contributed by atoms with van der Waals surface area (Å²) in [5.74, 6) is 7.31. The molecule has 1 atom stereocenters. The monoisotopic (exact) mass is 336 g/mol. The van der Waals surface area contributed by atoms with Gasteiger partial charge in [-0.1, -0.05) is 28.1 Å². The maximum Gasteiger partial charge on any atom is 0.119 e. The van der Waals surface area contributed by atoms with E-state index in [1.807, 2.05) is 42.5 Å². The second-order valence-electron chi connectivity index (χ2n) is 4.26. The first-order valence-electron chi connectivity index (χ1n) is 6.13. The number of hydrazine groups is 1. The lowest BCUT2D eigenvalue weighted by molar-refractivity contribution is 0.412. The van der Waals surface area contributed by atoms with E-state index in [0.29, 0.717) is 0 Å². The molecule has 0 heterocycles. The lowest BCUT2D eigenvalue weighted by atomic mass is 9.99. The first kappa shape index (κ1) is 14.8. The fraction of sp³-hybridized carbons (Fsp3) is 0.200. The minimum Gasteiger partial charge on any atom is -0.497 e. The second kappa shape index (κ2) is 6.74. The molecule has 0 bridgehead atoms. The number of nitrogens with two attached hydrogens (primary N) is 1. The van der Waals surface area contributed by atoms with Gasteiger partial charge < -0.3 is 9.47 Å². The highest BCUT2D eigenvalue weighted by atomic mass is 79.9. The van der Waals surface area contributed by atoms with E-state index < -0.39 is 0 Å². The van der Waals surface area contributed by atoms with E-state index in [-0.39, 0.29) is 6.04 Å². The van der Waals surface area contributed by atoms with Crippen LogP contribution in [0.3, 0.4) is 0 Å². The van der Waals surface area contributed by atoms with Gasteiger partial charge in [-0.3, -0.25) is 5.84 Å². The number of halogens is 1. The van der Waals surface area contributed by atoms with Crippen LogP contribution in [0.15, 0.2) is 46.9 Å². The van der Waals surface area contributed by atoms with Gasteiger partial charge >= 0.3 is 0 Å². The zero-order valence-corrected chi connectivity index (χ0v) is 13.0. The Labute approximate surface area is 127 Å². The molecule has 0 radical (unpaired) electrons. The van der Waals surface area contributed by atoms with Gasteiger partial charge in [0.2, 0.25) is 0 Å². The van der Waals surface area contributed by atoms with Gasteiger partial charge in [-0.2, -0.15) is 0 Å². The third kappa shape index (κ3) is 3.12. The second-order valence-corrected chi connectivity index (χ2v) is 5.12. The van der Waals surface area contributed by atoms with Crippen LogP contribution in [0.25, 0.3) is 0 Å². The molecule has 0 aliphatic heterocycles. The summed E-state index contributed by atoms with van der Waals surface area (Å²) in [5.41, 5.74) is 4.85. The summed E-state index contributed by atoms with van der Waals surface area (Å²) in [6, 6.07) is 13.4. The van der Waals surface area contributed by atoms with Crippen LogP contribution in [0.4, 0.5) is 0 Å². The van der Waals surface area contributed by atoms with Crippen molar-refractivity contribution in [3.8, 4) is 11.5 Å². The van der Waals surface area contributed by atoms with E-state index >= 15 is 0 Å². The van der Waals surface area contributed by atoms with Crippen molar-refractivity contribution in [2.45, 2.75) is 6.04 Å². The third-order valence-corrected chi connectivity index (χ3v) is 3.83. The molecule has 0 saturated heterocycles.